The van der Waals surface area contributed by atoms with Gasteiger partial charge in [-0.15, -0.1) is 23.5 Å². The number of methoxy groups -OCH3 is 3. The molecule has 7 heteroatoms. The third-order valence-electron chi connectivity index (χ3n) is 3.37. The summed E-state index contributed by atoms with van der Waals surface area (Å²) in [6, 6.07) is 0. The second-order valence-corrected chi connectivity index (χ2v) is 7.66. The van der Waals surface area contributed by atoms with Crippen molar-refractivity contribution >= 4 is 23.5 Å². The maximum Gasteiger partial charge on any atom is 0.111 e. The predicted octanol–water partition coefficient (Wildman–Crippen LogP) is 0.971. The van der Waals surface area contributed by atoms with Crippen LogP contribution in [0.3, 0.4) is 0 Å². The molecule has 5 nitrogen and oxygen atoms in total. The Kier molecular flexibility index (Phi) is 9.52. The molecule has 4 atom stereocenters. The molecule has 2 N–H and O–H groups in total. The Morgan fingerprint density at radius 3 is 2.05 bits per heavy atom. The average molecular weight is 326 g/mol. The molecule has 0 aromatic rings. The van der Waals surface area contributed by atoms with Gasteiger partial charge in [-0.1, -0.05) is 0 Å². The Balaban J connectivity index is 2.52. The van der Waals surface area contributed by atoms with Crippen LogP contribution in [-0.4, -0.2) is 78.7 Å². The second kappa shape index (κ2) is 10.3. The van der Waals surface area contributed by atoms with Crippen LogP contribution in [0.1, 0.15) is 12.8 Å². The zero-order valence-electron chi connectivity index (χ0n) is 12.4. The second-order valence-electron chi connectivity index (χ2n) is 4.75. The van der Waals surface area contributed by atoms with Gasteiger partial charge in [-0.25, -0.2) is 0 Å². The molecular weight excluding hydrogens is 300 g/mol. The molecule has 0 saturated carbocycles. The number of thioether (sulfide) groups is 2. The molecule has 20 heavy (non-hydrogen) atoms. The Morgan fingerprint density at radius 2 is 1.55 bits per heavy atom. The van der Waals surface area contributed by atoms with Gasteiger partial charge in [0.25, 0.3) is 0 Å². The molecule has 0 bridgehead atoms. The molecule has 1 aliphatic rings. The monoisotopic (exact) mass is 326 g/mol. The minimum absolute atomic E-state index is 0.234. The molecule has 0 radical (unpaired) electrons. The van der Waals surface area contributed by atoms with Gasteiger partial charge in [-0.3, -0.25) is 0 Å². The van der Waals surface area contributed by atoms with Crippen LogP contribution >= 0.6 is 23.5 Å². The van der Waals surface area contributed by atoms with E-state index in [-0.39, 0.29) is 6.61 Å². The molecule has 1 fully saturated rings. The number of hydrogen-bond acceptors (Lipinski definition) is 7. The molecule has 0 unspecified atom stereocenters. The van der Waals surface area contributed by atoms with Gasteiger partial charge in [0.2, 0.25) is 0 Å². The molecule has 1 rings (SSSR count). The third-order valence-corrected chi connectivity index (χ3v) is 6.36. The molecule has 1 aliphatic heterocycles. The van der Waals surface area contributed by atoms with Crippen LogP contribution in [0.2, 0.25) is 0 Å². The van der Waals surface area contributed by atoms with Crippen LogP contribution < -0.4 is 0 Å². The lowest BCUT2D eigenvalue weighted by Crippen LogP contribution is -2.48. The van der Waals surface area contributed by atoms with E-state index in [2.05, 4.69) is 0 Å². The standard InChI is InChI=1S/C13H26O5S2/c1-16-8-10(18-3)13(15)12(14)9(17-2)7-11-19-5-4-6-20-11/h9-15H,4-8H2,1-3H3/t9-,10-,12-,13-/m1/s1. The van der Waals surface area contributed by atoms with Gasteiger partial charge in [0.05, 0.1) is 17.3 Å². The van der Waals surface area contributed by atoms with Gasteiger partial charge in [0, 0.05) is 21.3 Å². The van der Waals surface area contributed by atoms with E-state index >= 15 is 0 Å². The molecule has 0 aromatic heterocycles. The largest absolute Gasteiger partial charge is 0.388 e. The number of aliphatic hydroxyl groups is 2. The van der Waals surface area contributed by atoms with Crippen molar-refractivity contribution in [3.05, 3.63) is 0 Å². The van der Waals surface area contributed by atoms with Gasteiger partial charge < -0.3 is 24.4 Å². The average Bonchev–Trinajstić information content (AvgIpc) is 2.50. The summed E-state index contributed by atoms with van der Waals surface area (Å²) in [7, 11) is 4.60. The van der Waals surface area contributed by atoms with Crippen LogP contribution in [0.5, 0.6) is 0 Å². The van der Waals surface area contributed by atoms with E-state index in [0.29, 0.717) is 11.0 Å². The molecule has 0 aliphatic carbocycles. The number of rotatable bonds is 9. The first-order chi connectivity index (χ1) is 9.63. The number of aliphatic hydroxyl groups excluding tert-OH is 2. The van der Waals surface area contributed by atoms with Crippen molar-refractivity contribution in [3.63, 3.8) is 0 Å². The van der Waals surface area contributed by atoms with Crippen molar-refractivity contribution in [2.24, 2.45) is 0 Å². The molecule has 1 heterocycles. The highest BCUT2D eigenvalue weighted by Crippen LogP contribution is 2.35. The van der Waals surface area contributed by atoms with E-state index in [0.717, 1.165) is 11.5 Å². The summed E-state index contributed by atoms with van der Waals surface area (Å²) >= 11 is 3.79. The Labute approximate surface area is 129 Å². The number of ether oxygens (including phenoxy) is 3. The molecule has 1 saturated heterocycles. The van der Waals surface area contributed by atoms with Crippen LogP contribution in [0.25, 0.3) is 0 Å². The zero-order valence-corrected chi connectivity index (χ0v) is 14.0. The molecular formula is C13H26O5S2. The van der Waals surface area contributed by atoms with Gasteiger partial charge >= 0.3 is 0 Å². The van der Waals surface area contributed by atoms with Crippen molar-refractivity contribution in [3.8, 4) is 0 Å². The summed E-state index contributed by atoms with van der Waals surface area (Å²) in [4.78, 5) is 0. The van der Waals surface area contributed by atoms with Crippen molar-refractivity contribution < 1.29 is 24.4 Å². The summed E-state index contributed by atoms with van der Waals surface area (Å²) < 4.78 is 15.9. The van der Waals surface area contributed by atoms with Gasteiger partial charge in [0.1, 0.15) is 18.3 Å². The fourth-order valence-corrected chi connectivity index (χ4v) is 5.09. The molecule has 0 amide bonds. The minimum Gasteiger partial charge on any atom is -0.388 e. The highest BCUT2D eigenvalue weighted by atomic mass is 32.2. The lowest BCUT2D eigenvalue weighted by atomic mass is 10.0. The van der Waals surface area contributed by atoms with Crippen LogP contribution in [0, 0.1) is 0 Å². The molecule has 0 aromatic carbocycles. The summed E-state index contributed by atoms with van der Waals surface area (Å²) in [6.07, 6.45) is -1.02. The van der Waals surface area contributed by atoms with Crippen molar-refractivity contribution in [1.82, 2.24) is 0 Å². The predicted molar refractivity (Wildman–Crippen MR) is 83.4 cm³/mol. The fraction of sp³-hybridized carbons (Fsp3) is 1.00. The Morgan fingerprint density at radius 1 is 1.00 bits per heavy atom. The first kappa shape index (κ1) is 18.5. The Bertz CT molecular complexity index is 251. The van der Waals surface area contributed by atoms with Gasteiger partial charge in [0.15, 0.2) is 0 Å². The molecule has 120 valence electrons. The van der Waals surface area contributed by atoms with E-state index in [4.69, 9.17) is 14.2 Å². The first-order valence-corrected chi connectivity index (χ1v) is 8.87. The van der Waals surface area contributed by atoms with E-state index in [1.165, 1.54) is 20.6 Å². The summed E-state index contributed by atoms with van der Waals surface area (Å²) in [5.41, 5.74) is 0. The van der Waals surface area contributed by atoms with Crippen molar-refractivity contribution in [1.29, 1.82) is 0 Å². The minimum atomic E-state index is -1.02. The Hall–Kier alpha value is 0.500. The maximum atomic E-state index is 10.3. The number of hydrogen-bond donors (Lipinski definition) is 2. The SMILES string of the molecule is COC[C@@H](OC)[C@@H](O)[C@H](O)[C@@H](CC1SCCCS1)OC. The van der Waals surface area contributed by atoms with E-state index in [1.807, 2.05) is 23.5 Å². The van der Waals surface area contributed by atoms with Gasteiger partial charge in [-0.2, -0.15) is 0 Å². The first-order valence-electron chi connectivity index (χ1n) is 6.77. The molecule has 0 spiro atoms. The van der Waals surface area contributed by atoms with E-state index in [9.17, 15) is 10.2 Å². The maximum absolute atomic E-state index is 10.3. The summed E-state index contributed by atoms with van der Waals surface area (Å²) in [5, 5.41) is 20.5. The zero-order chi connectivity index (χ0) is 15.0. The van der Waals surface area contributed by atoms with E-state index in [1.54, 1.807) is 7.11 Å². The highest BCUT2D eigenvalue weighted by Gasteiger charge is 2.34. The van der Waals surface area contributed by atoms with E-state index < -0.39 is 24.4 Å². The lowest BCUT2D eigenvalue weighted by molar-refractivity contribution is -0.135. The van der Waals surface area contributed by atoms with Crippen LogP contribution in [-0.2, 0) is 14.2 Å². The quantitative estimate of drug-likeness (QED) is 0.654. The summed E-state index contributed by atoms with van der Waals surface area (Å²) in [6.45, 7) is 0.234. The third kappa shape index (κ3) is 5.71. The smallest absolute Gasteiger partial charge is 0.111 e. The highest BCUT2D eigenvalue weighted by molar-refractivity contribution is 8.17. The van der Waals surface area contributed by atoms with Crippen molar-refractivity contribution in [2.45, 2.75) is 41.8 Å². The normalized spacial score (nSPS) is 23.2. The van der Waals surface area contributed by atoms with Gasteiger partial charge in [-0.05, 0) is 24.3 Å². The van der Waals surface area contributed by atoms with Crippen molar-refractivity contribution in [2.75, 3.05) is 39.4 Å². The van der Waals surface area contributed by atoms with Crippen LogP contribution in [0.4, 0.5) is 0 Å². The topological polar surface area (TPSA) is 68.2 Å². The fourth-order valence-electron chi connectivity index (χ4n) is 2.15. The van der Waals surface area contributed by atoms with Crippen LogP contribution in [0.15, 0.2) is 0 Å². The lowest BCUT2D eigenvalue weighted by Gasteiger charge is -2.32. The summed E-state index contributed by atoms with van der Waals surface area (Å²) in [5.74, 6) is 2.30.